The second-order valence-corrected chi connectivity index (χ2v) is 7.92. The maximum atomic E-state index is 12.0. The molecule has 0 atom stereocenters. The number of hydrogen-bond acceptors (Lipinski definition) is 3. The fourth-order valence-electron chi connectivity index (χ4n) is 1.31. The van der Waals surface area contributed by atoms with E-state index in [2.05, 4.69) is 27.3 Å². The van der Waals surface area contributed by atoms with E-state index in [0.717, 1.165) is 8.45 Å². The van der Waals surface area contributed by atoms with E-state index in [1.807, 2.05) is 19.1 Å². The van der Waals surface area contributed by atoms with Crippen molar-refractivity contribution in [3.8, 4) is 0 Å². The molecule has 6 heteroatoms. The van der Waals surface area contributed by atoms with Crippen LogP contribution in [-0.2, 0) is 10.0 Å². The Morgan fingerprint density at radius 2 is 2.00 bits per heavy atom. The summed E-state index contributed by atoms with van der Waals surface area (Å²) in [6, 6.07) is 10.7. The van der Waals surface area contributed by atoms with Crippen LogP contribution in [0.15, 0.2) is 40.6 Å². The molecular weight excluding hydrogens is 369 g/mol. The smallest absolute Gasteiger partial charge is 0.271 e. The molecule has 0 bridgehead atoms. The first-order valence-electron chi connectivity index (χ1n) is 4.82. The highest BCUT2D eigenvalue weighted by molar-refractivity contribution is 14.1. The minimum Gasteiger partial charge on any atom is -0.279 e. The van der Waals surface area contributed by atoms with Crippen LogP contribution in [0.5, 0.6) is 0 Å². The monoisotopic (exact) mass is 379 g/mol. The van der Waals surface area contributed by atoms with Gasteiger partial charge in [-0.15, -0.1) is 11.3 Å². The quantitative estimate of drug-likeness (QED) is 0.831. The highest BCUT2D eigenvalue weighted by atomic mass is 127. The average Bonchev–Trinajstić information content (AvgIpc) is 2.65. The van der Waals surface area contributed by atoms with Gasteiger partial charge in [0, 0.05) is 14.1 Å². The zero-order valence-electron chi connectivity index (χ0n) is 8.98. The Hall–Kier alpha value is -0.600. The molecule has 1 N–H and O–H groups in total. The van der Waals surface area contributed by atoms with Crippen molar-refractivity contribution >= 4 is 49.6 Å². The van der Waals surface area contributed by atoms with Crippen molar-refractivity contribution in [1.29, 1.82) is 0 Å². The van der Waals surface area contributed by atoms with E-state index in [-0.39, 0.29) is 0 Å². The summed E-state index contributed by atoms with van der Waals surface area (Å²) in [6.45, 7) is 1.88. The van der Waals surface area contributed by atoms with Gasteiger partial charge in [-0.1, -0.05) is 6.07 Å². The van der Waals surface area contributed by atoms with E-state index in [9.17, 15) is 8.42 Å². The minimum atomic E-state index is -3.44. The van der Waals surface area contributed by atoms with E-state index >= 15 is 0 Å². The lowest BCUT2D eigenvalue weighted by Gasteiger charge is -2.06. The average molecular weight is 379 g/mol. The first-order valence-corrected chi connectivity index (χ1v) is 8.20. The molecule has 0 saturated carbocycles. The van der Waals surface area contributed by atoms with Crippen LogP contribution in [0.2, 0.25) is 0 Å². The Labute approximate surface area is 118 Å². The van der Waals surface area contributed by atoms with Gasteiger partial charge in [-0.05, 0) is 59.8 Å². The van der Waals surface area contributed by atoms with Crippen molar-refractivity contribution in [2.45, 2.75) is 11.1 Å². The molecule has 17 heavy (non-hydrogen) atoms. The van der Waals surface area contributed by atoms with E-state index in [4.69, 9.17) is 0 Å². The number of rotatable bonds is 3. The third kappa shape index (κ3) is 3.20. The van der Waals surface area contributed by atoms with Crippen LogP contribution < -0.4 is 4.72 Å². The Balaban J connectivity index is 2.29. The van der Waals surface area contributed by atoms with Gasteiger partial charge in [0.2, 0.25) is 0 Å². The summed E-state index contributed by atoms with van der Waals surface area (Å²) in [5, 5.41) is 0. The van der Waals surface area contributed by atoms with Crippen molar-refractivity contribution in [1.82, 2.24) is 0 Å². The minimum absolute atomic E-state index is 0.342. The summed E-state index contributed by atoms with van der Waals surface area (Å²) in [7, 11) is -3.44. The molecule has 0 saturated heterocycles. The second kappa shape index (κ2) is 4.95. The van der Waals surface area contributed by atoms with E-state index in [1.54, 1.807) is 24.3 Å². The molecule has 0 aliphatic rings. The number of aryl methyl sites for hydroxylation is 1. The number of sulfonamides is 1. The zero-order valence-corrected chi connectivity index (χ0v) is 12.8. The molecule has 0 aliphatic carbocycles. The van der Waals surface area contributed by atoms with Gasteiger partial charge in [0.15, 0.2) is 0 Å². The predicted octanol–water partition coefficient (Wildman–Crippen LogP) is 3.46. The molecular formula is C11H10INO2S2. The van der Waals surface area contributed by atoms with Crippen molar-refractivity contribution in [2.75, 3.05) is 4.72 Å². The highest BCUT2D eigenvalue weighted by Crippen LogP contribution is 2.23. The molecule has 0 unspecified atom stereocenters. The van der Waals surface area contributed by atoms with E-state index < -0.39 is 10.0 Å². The summed E-state index contributed by atoms with van der Waals surface area (Å²) < 4.78 is 27.9. The first-order chi connectivity index (χ1) is 7.97. The molecule has 1 aromatic heterocycles. The van der Waals surface area contributed by atoms with Crippen molar-refractivity contribution in [3.63, 3.8) is 0 Å². The second-order valence-electron chi connectivity index (χ2n) is 3.48. The van der Waals surface area contributed by atoms with E-state index in [1.165, 1.54) is 11.3 Å². The van der Waals surface area contributed by atoms with Crippen LogP contribution >= 0.6 is 33.9 Å². The van der Waals surface area contributed by atoms with Gasteiger partial charge in [0.05, 0.1) is 0 Å². The molecule has 1 heterocycles. The molecule has 2 rings (SSSR count). The first kappa shape index (κ1) is 12.8. The fraction of sp³-hybridized carbons (Fsp3) is 0.0909. The molecule has 1 aromatic carbocycles. The van der Waals surface area contributed by atoms with Crippen molar-refractivity contribution in [2.24, 2.45) is 0 Å². The molecule has 0 amide bonds. The summed E-state index contributed by atoms with van der Waals surface area (Å²) in [5.74, 6) is 0. The molecule has 0 spiro atoms. The SMILES string of the molecule is Cc1ccc(S(=O)(=O)Nc2cccc(I)c2)s1. The van der Waals surface area contributed by atoms with Crippen LogP contribution in [0.25, 0.3) is 0 Å². The molecule has 3 nitrogen and oxygen atoms in total. The third-order valence-electron chi connectivity index (χ3n) is 2.06. The third-order valence-corrected chi connectivity index (χ3v) is 5.60. The number of nitrogens with one attached hydrogen (secondary N) is 1. The van der Waals surface area contributed by atoms with Gasteiger partial charge in [-0.2, -0.15) is 0 Å². The van der Waals surface area contributed by atoms with Crippen LogP contribution in [-0.4, -0.2) is 8.42 Å². The summed E-state index contributed by atoms with van der Waals surface area (Å²) in [4.78, 5) is 0.980. The lowest BCUT2D eigenvalue weighted by atomic mass is 10.3. The Morgan fingerprint density at radius 1 is 1.24 bits per heavy atom. The maximum Gasteiger partial charge on any atom is 0.271 e. The van der Waals surface area contributed by atoms with Gasteiger partial charge >= 0.3 is 0 Å². The van der Waals surface area contributed by atoms with Gasteiger partial charge in [0.1, 0.15) is 4.21 Å². The van der Waals surface area contributed by atoms with Crippen LogP contribution in [0.1, 0.15) is 4.88 Å². The lowest BCUT2D eigenvalue weighted by molar-refractivity contribution is 0.603. The summed E-state index contributed by atoms with van der Waals surface area (Å²) >= 11 is 3.41. The van der Waals surface area contributed by atoms with Crippen LogP contribution in [0, 0.1) is 10.5 Å². The largest absolute Gasteiger partial charge is 0.279 e. The molecule has 90 valence electrons. The molecule has 0 aliphatic heterocycles. The number of benzene rings is 1. The molecule has 0 fully saturated rings. The Kier molecular flexibility index (Phi) is 3.74. The maximum absolute atomic E-state index is 12.0. The van der Waals surface area contributed by atoms with Crippen molar-refractivity contribution in [3.05, 3.63) is 44.8 Å². The van der Waals surface area contributed by atoms with Gasteiger partial charge in [0.25, 0.3) is 10.0 Å². The number of thiophene rings is 1. The number of anilines is 1. The molecule has 0 radical (unpaired) electrons. The van der Waals surface area contributed by atoms with Gasteiger partial charge < -0.3 is 0 Å². The predicted molar refractivity (Wildman–Crippen MR) is 79.0 cm³/mol. The fourth-order valence-corrected chi connectivity index (χ4v) is 4.19. The zero-order chi connectivity index (χ0) is 12.5. The van der Waals surface area contributed by atoms with Crippen molar-refractivity contribution < 1.29 is 8.42 Å². The Morgan fingerprint density at radius 3 is 2.59 bits per heavy atom. The topological polar surface area (TPSA) is 46.2 Å². The Bertz CT molecular complexity index is 634. The van der Waals surface area contributed by atoms with Gasteiger partial charge in [-0.25, -0.2) is 8.42 Å². The summed E-state index contributed by atoms with van der Waals surface area (Å²) in [6.07, 6.45) is 0. The lowest BCUT2D eigenvalue weighted by Crippen LogP contribution is -2.11. The molecule has 2 aromatic rings. The van der Waals surface area contributed by atoms with Crippen LogP contribution in [0.4, 0.5) is 5.69 Å². The normalized spacial score (nSPS) is 11.4. The number of halogens is 1. The highest BCUT2D eigenvalue weighted by Gasteiger charge is 2.16. The van der Waals surface area contributed by atoms with Crippen LogP contribution in [0.3, 0.4) is 0 Å². The standard InChI is InChI=1S/C11H10INO2S2/c1-8-5-6-11(16-8)17(14,15)13-10-4-2-3-9(12)7-10/h2-7,13H,1H3. The summed E-state index contributed by atoms with van der Waals surface area (Å²) in [5.41, 5.74) is 0.586. The number of hydrogen-bond donors (Lipinski definition) is 1. The van der Waals surface area contributed by atoms with Gasteiger partial charge in [-0.3, -0.25) is 4.72 Å². The van der Waals surface area contributed by atoms with E-state index in [0.29, 0.717) is 9.90 Å².